The Morgan fingerprint density at radius 2 is 1.50 bits per heavy atom. The lowest BCUT2D eigenvalue weighted by Gasteiger charge is -2.29. The second-order valence-electron chi connectivity index (χ2n) is 8.28. The Morgan fingerprint density at radius 3 is 2.16 bits per heavy atom. The van der Waals surface area contributed by atoms with Crippen LogP contribution in [0.25, 0.3) is 0 Å². The number of rotatable bonds is 7. The van der Waals surface area contributed by atoms with E-state index in [1.54, 1.807) is 0 Å². The third-order valence-electron chi connectivity index (χ3n) is 5.86. The number of carbonyl (C=O) groups excluding carboxylic acids is 1. The smallest absolute Gasteiger partial charge is 0.241 e. The molecule has 0 spiro atoms. The van der Waals surface area contributed by atoms with Crippen molar-refractivity contribution in [1.82, 2.24) is 5.32 Å². The maximum atomic E-state index is 13.0. The van der Waals surface area contributed by atoms with E-state index in [9.17, 15) is 4.79 Å². The van der Waals surface area contributed by atoms with Crippen LogP contribution in [-0.2, 0) is 9.53 Å². The molecule has 32 heavy (non-hydrogen) atoms. The van der Waals surface area contributed by atoms with Crippen LogP contribution in [0.1, 0.15) is 29.7 Å². The molecule has 1 heterocycles. The Hall–Kier alpha value is -3.15. The van der Waals surface area contributed by atoms with Crippen LogP contribution < -0.4 is 15.5 Å². The molecule has 5 nitrogen and oxygen atoms in total. The average Bonchev–Trinajstić information content (AvgIpc) is 2.84. The molecular weight excluding hydrogens is 398 g/mol. The molecule has 0 saturated carbocycles. The Kier molecular flexibility index (Phi) is 7.20. The van der Waals surface area contributed by atoms with E-state index in [-0.39, 0.29) is 18.0 Å². The summed E-state index contributed by atoms with van der Waals surface area (Å²) >= 11 is 0. The van der Waals surface area contributed by atoms with Gasteiger partial charge in [-0.15, -0.1) is 0 Å². The SMILES string of the molecule is Cc1ccc([C@H](N[C@@H](C)C(=O)Nc2ccc(N3CCOCC3)cc2)c2ccccc2)cc1. The first kappa shape index (κ1) is 22.1. The molecule has 1 amide bonds. The number of ether oxygens (including phenoxy) is 1. The van der Waals surface area contributed by atoms with Gasteiger partial charge < -0.3 is 15.0 Å². The summed E-state index contributed by atoms with van der Waals surface area (Å²) in [4.78, 5) is 15.2. The van der Waals surface area contributed by atoms with Gasteiger partial charge in [0.2, 0.25) is 5.91 Å². The zero-order chi connectivity index (χ0) is 22.3. The first-order valence-electron chi connectivity index (χ1n) is 11.2. The summed E-state index contributed by atoms with van der Waals surface area (Å²) in [6.45, 7) is 7.28. The molecular formula is C27H31N3O2. The number of hydrogen-bond donors (Lipinski definition) is 2. The number of aryl methyl sites for hydroxylation is 1. The predicted molar refractivity (Wildman–Crippen MR) is 130 cm³/mol. The highest BCUT2D eigenvalue weighted by Gasteiger charge is 2.21. The lowest BCUT2D eigenvalue weighted by molar-refractivity contribution is -0.117. The molecule has 0 aromatic heterocycles. The van der Waals surface area contributed by atoms with Gasteiger partial charge in [-0.2, -0.15) is 0 Å². The molecule has 0 unspecified atom stereocenters. The molecule has 1 saturated heterocycles. The number of hydrogen-bond acceptors (Lipinski definition) is 4. The standard InChI is InChI=1S/C27H31N3O2/c1-20-8-10-23(11-9-20)26(22-6-4-3-5-7-22)28-21(2)27(31)29-24-12-14-25(15-13-24)30-16-18-32-19-17-30/h3-15,21,26,28H,16-19H2,1-2H3,(H,29,31)/t21-,26+/m0/s1. The van der Waals surface area contributed by atoms with Gasteiger partial charge in [-0.05, 0) is 49.2 Å². The summed E-state index contributed by atoms with van der Waals surface area (Å²) in [6.07, 6.45) is 0. The van der Waals surface area contributed by atoms with Gasteiger partial charge in [0.1, 0.15) is 0 Å². The molecule has 3 aromatic carbocycles. The van der Waals surface area contributed by atoms with Crippen molar-refractivity contribution in [2.45, 2.75) is 25.9 Å². The van der Waals surface area contributed by atoms with E-state index in [4.69, 9.17) is 4.74 Å². The van der Waals surface area contributed by atoms with Crippen LogP contribution >= 0.6 is 0 Å². The fraction of sp³-hybridized carbons (Fsp3) is 0.296. The fourth-order valence-electron chi connectivity index (χ4n) is 3.94. The third-order valence-corrected chi connectivity index (χ3v) is 5.86. The molecule has 0 aliphatic carbocycles. The topological polar surface area (TPSA) is 53.6 Å². The molecule has 2 N–H and O–H groups in total. The highest BCUT2D eigenvalue weighted by atomic mass is 16.5. The highest BCUT2D eigenvalue weighted by Crippen LogP contribution is 2.24. The summed E-state index contributed by atoms with van der Waals surface area (Å²) in [6, 6.07) is 26.3. The minimum Gasteiger partial charge on any atom is -0.378 e. The maximum Gasteiger partial charge on any atom is 0.241 e. The van der Waals surface area contributed by atoms with Gasteiger partial charge in [0.15, 0.2) is 0 Å². The van der Waals surface area contributed by atoms with Gasteiger partial charge in [-0.3, -0.25) is 10.1 Å². The molecule has 2 atom stereocenters. The number of morpholine rings is 1. The Balaban J connectivity index is 1.43. The minimum atomic E-state index is -0.375. The van der Waals surface area contributed by atoms with Crippen molar-refractivity contribution in [3.05, 3.63) is 95.6 Å². The van der Waals surface area contributed by atoms with Crippen LogP contribution in [0.4, 0.5) is 11.4 Å². The average molecular weight is 430 g/mol. The third kappa shape index (κ3) is 5.55. The van der Waals surface area contributed by atoms with Gasteiger partial charge >= 0.3 is 0 Å². The monoisotopic (exact) mass is 429 g/mol. The number of nitrogens with one attached hydrogen (secondary N) is 2. The van der Waals surface area contributed by atoms with E-state index in [1.807, 2.05) is 37.3 Å². The lowest BCUT2D eigenvalue weighted by Crippen LogP contribution is -2.40. The largest absolute Gasteiger partial charge is 0.378 e. The van der Waals surface area contributed by atoms with E-state index in [0.29, 0.717) is 0 Å². The van der Waals surface area contributed by atoms with Crippen LogP contribution in [0.3, 0.4) is 0 Å². The number of benzene rings is 3. The molecule has 0 radical (unpaired) electrons. The molecule has 1 fully saturated rings. The van der Waals surface area contributed by atoms with Crippen LogP contribution in [0.5, 0.6) is 0 Å². The zero-order valence-electron chi connectivity index (χ0n) is 18.8. The van der Waals surface area contributed by atoms with Crippen molar-refractivity contribution in [3.8, 4) is 0 Å². The first-order chi connectivity index (χ1) is 15.6. The van der Waals surface area contributed by atoms with Crippen LogP contribution in [0.2, 0.25) is 0 Å². The maximum absolute atomic E-state index is 13.0. The van der Waals surface area contributed by atoms with Gasteiger partial charge in [0.25, 0.3) is 0 Å². The van der Waals surface area contributed by atoms with Crippen molar-refractivity contribution in [2.24, 2.45) is 0 Å². The van der Waals surface area contributed by atoms with Crippen molar-refractivity contribution in [2.75, 3.05) is 36.5 Å². The van der Waals surface area contributed by atoms with Crippen LogP contribution in [-0.4, -0.2) is 38.3 Å². The predicted octanol–water partition coefficient (Wildman–Crippen LogP) is 4.54. The highest BCUT2D eigenvalue weighted by molar-refractivity contribution is 5.94. The van der Waals surface area contributed by atoms with Crippen molar-refractivity contribution < 1.29 is 9.53 Å². The molecule has 1 aliphatic heterocycles. The lowest BCUT2D eigenvalue weighted by atomic mass is 9.97. The van der Waals surface area contributed by atoms with E-state index < -0.39 is 0 Å². The Labute approximate surface area is 190 Å². The summed E-state index contributed by atoms with van der Waals surface area (Å²) in [5.41, 5.74) is 5.43. The Morgan fingerprint density at radius 1 is 0.875 bits per heavy atom. The van der Waals surface area contributed by atoms with Gasteiger partial charge in [-0.25, -0.2) is 0 Å². The second kappa shape index (κ2) is 10.4. The molecule has 0 bridgehead atoms. The summed E-state index contributed by atoms with van der Waals surface area (Å²) in [7, 11) is 0. The minimum absolute atomic E-state index is 0.0582. The molecule has 3 aromatic rings. The van der Waals surface area contributed by atoms with Crippen LogP contribution in [0.15, 0.2) is 78.9 Å². The van der Waals surface area contributed by atoms with E-state index in [1.165, 1.54) is 5.56 Å². The van der Waals surface area contributed by atoms with Gasteiger partial charge in [-0.1, -0.05) is 60.2 Å². The quantitative estimate of drug-likeness (QED) is 0.579. The number of amides is 1. The van der Waals surface area contributed by atoms with Crippen molar-refractivity contribution >= 4 is 17.3 Å². The molecule has 166 valence electrons. The molecule has 4 rings (SSSR count). The Bertz CT molecular complexity index is 997. The normalized spacial score (nSPS) is 15.8. The van der Waals surface area contributed by atoms with Crippen LogP contribution in [0, 0.1) is 6.92 Å². The first-order valence-corrected chi connectivity index (χ1v) is 11.2. The summed E-state index contributed by atoms with van der Waals surface area (Å²) in [5, 5.41) is 6.56. The van der Waals surface area contributed by atoms with E-state index in [0.717, 1.165) is 48.8 Å². The summed E-state index contributed by atoms with van der Waals surface area (Å²) in [5.74, 6) is -0.0582. The molecule has 1 aliphatic rings. The summed E-state index contributed by atoms with van der Waals surface area (Å²) < 4.78 is 5.42. The number of anilines is 2. The number of carbonyl (C=O) groups is 1. The molecule has 5 heteroatoms. The van der Waals surface area contributed by atoms with E-state index in [2.05, 4.69) is 71.0 Å². The van der Waals surface area contributed by atoms with Crippen molar-refractivity contribution in [3.63, 3.8) is 0 Å². The fourth-order valence-corrected chi connectivity index (χ4v) is 3.94. The van der Waals surface area contributed by atoms with E-state index >= 15 is 0 Å². The second-order valence-corrected chi connectivity index (χ2v) is 8.28. The van der Waals surface area contributed by atoms with Gasteiger partial charge in [0.05, 0.1) is 25.3 Å². The number of nitrogens with zero attached hydrogens (tertiary/aromatic N) is 1. The van der Waals surface area contributed by atoms with Gasteiger partial charge in [0, 0.05) is 24.5 Å². The zero-order valence-corrected chi connectivity index (χ0v) is 18.8. The van der Waals surface area contributed by atoms with Crippen molar-refractivity contribution in [1.29, 1.82) is 0 Å².